The minimum Gasteiger partial charge on any atom is -0.493 e. The summed E-state index contributed by atoms with van der Waals surface area (Å²) in [5.41, 5.74) is 5.73. The molecular weight excluding hydrogens is 197 g/mol. The molecule has 3 nitrogen and oxygen atoms in total. The molecule has 0 heterocycles. The molecule has 82 valence electrons. The maximum Gasteiger partial charge on any atom is 0.252 e. The summed E-state index contributed by atoms with van der Waals surface area (Å²) in [6, 6.07) is 2.66. The molecule has 0 aromatic heterocycles. The highest BCUT2D eigenvalue weighted by Crippen LogP contribution is 2.23. The average Bonchev–Trinajstić information content (AvgIpc) is 2.20. The molecule has 4 heteroatoms. The summed E-state index contributed by atoms with van der Waals surface area (Å²) in [5.74, 6) is -0.752. The summed E-state index contributed by atoms with van der Waals surface area (Å²) in [6.07, 6.45) is 0.547. The van der Waals surface area contributed by atoms with E-state index in [9.17, 15) is 9.18 Å². The monoisotopic (exact) mass is 211 g/mol. The van der Waals surface area contributed by atoms with Gasteiger partial charge in [0.2, 0.25) is 0 Å². The maximum absolute atomic E-state index is 13.4. The molecule has 0 unspecified atom stereocenters. The molecule has 2 N–H and O–H groups in total. The van der Waals surface area contributed by atoms with Gasteiger partial charge in [0.25, 0.3) is 5.91 Å². The predicted octanol–water partition coefficient (Wildman–Crippen LogP) is 1.89. The van der Waals surface area contributed by atoms with Crippen LogP contribution in [0.1, 0.15) is 29.8 Å². The first-order valence-electron chi connectivity index (χ1n) is 4.85. The number of rotatable bonds is 4. The summed E-state index contributed by atoms with van der Waals surface area (Å²) >= 11 is 0. The minimum atomic E-state index is -0.681. The number of halogens is 1. The average molecular weight is 211 g/mol. The molecule has 0 saturated carbocycles. The van der Waals surface area contributed by atoms with Crippen molar-refractivity contribution in [3.63, 3.8) is 0 Å². The molecule has 0 spiro atoms. The SMILES string of the molecule is CCOc1cc(CC)c(F)cc1C(N)=O. The van der Waals surface area contributed by atoms with Crippen LogP contribution in [0.5, 0.6) is 5.75 Å². The van der Waals surface area contributed by atoms with E-state index in [1.165, 1.54) is 6.07 Å². The third-order valence-corrected chi connectivity index (χ3v) is 2.09. The first kappa shape index (κ1) is 11.5. The minimum absolute atomic E-state index is 0.0894. The van der Waals surface area contributed by atoms with Gasteiger partial charge in [-0.25, -0.2) is 4.39 Å². The van der Waals surface area contributed by atoms with Gasteiger partial charge >= 0.3 is 0 Å². The quantitative estimate of drug-likeness (QED) is 0.826. The fourth-order valence-corrected chi connectivity index (χ4v) is 1.33. The van der Waals surface area contributed by atoms with Crippen molar-refractivity contribution in [2.45, 2.75) is 20.3 Å². The van der Waals surface area contributed by atoms with Crippen LogP contribution >= 0.6 is 0 Å². The van der Waals surface area contributed by atoms with Gasteiger partial charge in [-0.1, -0.05) is 6.92 Å². The number of aryl methyl sites for hydroxylation is 1. The van der Waals surface area contributed by atoms with Crippen molar-refractivity contribution in [1.82, 2.24) is 0 Å². The number of nitrogens with two attached hydrogens (primary N) is 1. The number of ether oxygens (including phenoxy) is 1. The molecule has 0 aliphatic rings. The molecule has 15 heavy (non-hydrogen) atoms. The summed E-state index contributed by atoms with van der Waals surface area (Å²) in [5, 5.41) is 0. The number of hydrogen-bond donors (Lipinski definition) is 1. The van der Waals surface area contributed by atoms with E-state index in [2.05, 4.69) is 0 Å². The van der Waals surface area contributed by atoms with E-state index in [-0.39, 0.29) is 5.56 Å². The van der Waals surface area contributed by atoms with E-state index in [4.69, 9.17) is 10.5 Å². The van der Waals surface area contributed by atoms with Crippen molar-refractivity contribution in [3.8, 4) is 5.75 Å². The Morgan fingerprint density at radius 2 is 2.13 bits per heavy atom. The molecule has 0 aliphatic heterocycles. The van der Waals surface area contributed by atoms with Gasteiger partial charge in [0.15, 0.2) is 0 Å². The molecule has 0 bridgehead atoms. The van der Waals surface area contributed by atoms with Gasteiger partial charge in [-0.3, -0.25) is 4.79 Å². The van der Waals surface area contributed by atoms with E-state index in [0.29, 0.717) is 24.3 Å². The molecule has 0 aliphatic carbocycles. The summed E-state index contributed by atoms with van der Waals surface area (Å²) in [4.78, 5) is 11.0. The van der Waals surface area contributed by atoms with Gasteiger partial charge in [-0.05, 0) is 31.0 Å². The van der Waals surface area contributed by atoms with Gasteiger partial charge < -0.3 is 10.5 Å². The van der Waals surface area contributed by atoms with E-state index in [1.54, 1.807) is 6.92 Å². The van der Waals surface area contributed by atoms with Crippen LogP contribution in [-0.4, -0.2) is 12.5 Å². The first-order chi connectivity index (χ1) is 7.10. The van der Waals surface area contributed by atoms with Crippen LogP contribution in [0.15, 0.2) is 12.1 Å². The summed E-state index contributed by atoms with van der Waals surface area (Å²) in [6.45, 7) is 4.03. The molecule has 1 rings (SSSR count). The van der Waals surface area contributed by atoms with Crippen molar-refractivity contribution < 1.29 is 13.9 Å². The Hall–Kier alpha value is -1.58. The Kier molecular flexibility index (Phi) is 3.66. The molecular formula is C11H14FNO2. The fourth-order valence-electron chi connectivity index (χ4n) is 1.33. The maximum atomic E-state index is 13.4. The zero-order chi connectivity index (χ0) is 11.4. The normalized spacial score (nSPS) is 10.1. The zero-order valence-corrected chi connectivity index (χ0v) is 8.84. The molecule has 1 aromatic rings. The van der Waals surface area contributed by atoms with Gasteiger partial charge in [0.05, 0.1) is 12.2 Å². The van der Waals surface area contributed by atoms with Crippen LogP contribution in [-0.2, 0) is 6.42 Å². The van der Waals surface area contributed by atoms with E-state index in [1.807, 2.05) is 6.92 Å². The lowest BCUT2D eigenvalue weighted by molar-refractivity contribution is 0.0996. The van der Waals surface area contributed by atoms with Gasteiger partial charge in [-0.2, -0.15) is 0 Å². The number of benzene rings is 1. The Balaban J connectivity index is 3.25. The topological polar surface area (TPSA) is 52.3 Å². The Labute approximate surface area is 88.0 Å². The standard InChI is InChI=1S/C11H14FNO2/c1-3-7-5-10(15-4-2)8(11(13)14)6-9(7)12/h5-6H,3-4H2,1-2H3,(H2,13,14). The number of carbonyl (C=O) groups excluding carboxylic acids is 1. The molecule has 0 fully saturated rings. The van der Waals surface area contributed by atoms with E-state index >= 15 is 0 Å². The first-order valence-corrected chi connectivity index (χ1v) is 4.85. The third-order valence-electron chi connectivity index (χ3n) is 2.09. The van der Waals surface area contributed by atoms with Crippen molar-refractivity contribution >= 4 is 5.91 Å². The van der Waals surface area contributed by atoms with Crippen molar-refractivity contribution in [2.75, 3.05) is 6.61 Å². The lowest BCUT2D eigenvalue weighted by atomic mass is 10.1. The number of carbonyl (C=O) groups is 1. The number of amides is 1. The number of primary amides is 1. The highest BCUT2D eigenvalue weighted by molar-refractivity contribution is 5.95. The van der Waals surface area contributed by atoms with Crippen LogP contribution < -0.4 is 10.5 Å². The Morgan fingerprint density at radius 1 is 1.47 bits per heavy atom. The Morgan fingerprint density at radius 3 is 2.60 bits per heavy atom. The van der Waals surface area contributed by atoms with Crippen LogP contribution in [0.4, 0.5) is 4.39 Å². The third kappa shape index (κ3) is 2.46. The Bertz CT molecular complexity index is 377. The predicted molar refractivity (Wildman–Crippen MR) is 55.5 cm³/mol. The van der Waals surface area contributed by atoms with Crippen LogP contribution in [0, 0.1) is 5.82 Å². The van der Waals surface area contributed by atoms with Crippen molar-refractivity contribution in [3.05, 3.63) is 29.1 Å². The van der Waals surface area contributed by atoms with Gasteiger partial charge in [0.1, 0.15) is 11.6 Å². The van der Waals surface area contributed by atoms with Crippen molar-refractivity contribution in [1.29, 1.82) is 0 Å². The molecule has 1 amide bonds. The van der Waals surface area contributed by atoms with E-state index in [0.717, 1.165) is 6.07 Å². The second-order valence-electron chi connectivity index (χ2n) is 3.09. The van der Waals surface area contributed by atoms with Gasteiger partial charge in [-0.15, -0.1) is 0 Å². The summed E-state index contributed by atoms with van der Waals surface area (Å²) in [7, 11) is 0. The lowest BCUT2D eigenvalue weighted by Gasteiger charge is -2.10. The molecule has 0 saturated heterocycles. The molecule has 0 radical (unpaired) electrons. The highest BCUT2D eigenvalue weighted by Gasteiger charge is 2.13. The second kappa shape index (κ2) is 4.77. The highest BCUT2D eigenvalue weighted by atomic mass is 19.1. The molecule has 1 aromatic carbocycles. The van der Waals surface area contributed by atoms with Crippen LogP contribution in [0.3, 0.4) is 0 Å². The fraction of sp³-hybridized carbons (Fsp3) is 0.364. The van der Waals surface area contributed by atoms with Crippen molar-refractivity contribution in [2.24, 2.45) is 5.73 Å². The zero-order valence-electron chi connectivity index (χ0n) is 8.84. The lowest BCUT2D eigenvalue weighted by Crippen LogP contribution is -2.14. The smallest absolute Gasteiger partial charge is 0.252 e. The number of hydrogen-bond acceptors (Lipinski definition) is 2. The largest absolute Gasteiger partial charge is 0.493 e. The van der Waals surface area contributed by atoms with E-state index < -0.39 is 11.7 Å². The van der Waals surface area contributed by atoms with Crippen LogP contribution in [0.2, 0.25) is 0 Å². The molecule has 0 atom stereocenters. The van der Waals surface area contributed by atoms with Gasteiger partial charge in [0, 0.05) is 0 Å². The second-order valence-corrected chi connectivity index (χ2v) is 3.09. The van der Waals surface area contributed by atoms with Crippen LogP contribution in [0.25, 0.3) is 0 Å². The summed E-state index contributed by atoms with van der Waals surface area (Å²) < 4.78 is 18.6.